The number of amides is 1. The number of aromatic nitrogens is 1. The van der Waals surface area contributed by atoms with Gasteiger partial charge in [-0.3, -0.25) is 4.79 Å². The van der Waals surface area contributed by atoms with Crippen LogP contribution in [0.25, 0.3) is 11.3 Å². The molecule has 0 saturated heterocycles. The highest BCUT2D eigenvalue weighted by Gasteiger charge is 2.13. The summed E-state index contributed by atoms with van der Waals surface area (Å²) in [6.45, 7) is 3.21. The minimum atomic E-state index is -3.37. The van der Waals surface area contributed by atoms with Gasteiger partial charge in [-0.05, 0) is 11.5 Å². The lowest BCUT2D eigenvalue weighted by molar-refractivity contribution is -0.115. The van der Waals surface area contributed by atoms with Gasteiger partial charge in [0.25, 0.3) is 0 Å². The molecule has 0 spiro atoms. The molecule has 0 aliphatic heterocycles. The maximum Gasteiger partial charge on any atom is 0.225 e. The van der Waals surface area contributed by atoms with Crippen molar-refractivity contribution in [3.05, 3.63) is 47.7 Å². The van der Waals surface area contributed by atoms with E-state index in [9.17, 15) is 13.2 Å². The Kier molecular flexibility index (Phi) is 4.87. The Morgan fingerprint density at radius 1 is 1.33 bits per heavy atom. The van der Waals surface area contributed by atoms with Crippen molar-refractivity contribution in [1.29, 1.82) is 0 Å². The summed E-state index contributed by atoms with van der Waals surface area (Å²) in [6, 6.07) is 9.46. The maximum absolute atomic E-state index is 11.8. The first-order valence-corrected chi connectivity index (χ1v) is 8.72. The van der Waals surface area contributed by atoms with Gasteiger partial charge in [0.15, 0.2) is 9.84 Å². The van der Waals surface area contributed by atoms with Gasteiger partial charge in [0, 0.05) is 22.8 Å². The third-order valence-electron chi connectivity index (χ3n) is 2.76. The maximum atomic E-state index is 11.8. The van der Waals surface area contributed by atoms with E-state index in [1.165, 1.54) is 11.5 Å². The Morgan fingerprint density at radius 2 is 2.05 bits per heavy atom. The second-order valence-corrected chi connectivity index (χ2v) is 6.97. The highest BCUT2D eigenvalue weighted by atomic mass is 32.2. The van der Waals surface area contributed by atoms with Crippen LogP contribution >= 0.6 is 11.5 Å². The molecule has 0 unspecified atom stereocenters. The van der Waals surface area contributed by atoms with Gasteiger partial charge in [0.05, 0.1) is 11.4 Å². The molecule has 1 N–H and O–H groups in total. The Bertz CT molecular complexity index is 737. The van der Waals surface area contributed by atoms with Crippen molar-refractivity contribution < 1.29 is 13.2 Å². The fourth-order valence-corrected chi connectivity index (χ4v) is 2.94. The predicted octanol–water partition coefficient (Wildman–Crippen LogP) is 2.70. The van der Waals surface area contributed by atoms with Crippen molar-refractivity contribution in [3.63, 3.8) is 0 Å². The summed E-state index contributed by atoms with van der Waals surface area (Å²) < 4.78 is 26.8. The number of sulfone groups is 1. The number of carbonyl (C=O) groups excluding carboxylic acids is 1. The summed E-state index contributed by atoms with van der Waals surface area (Å²) in [7, 11) is -3.37. The van der Waals surface area contributed by atoms with Gasteiger partial charge in [-0.1, -0.05) is 36.9 Å². The van der Waals surface area contributed by atoms with E-state index in [-0.39, 0.29) is 18.1 Å². The fourth-order valence-electron chi connectivity index (χ4n) is 1.66. The van der Waals surface area contributed by atoms with Crippen LogP contribution in [-0.2, 0) is 14.6 Å². The molecule has 1 aromatic carbocycles. The van der Waals surface area contributed by atoms with Gasteiger partial charge in [0.2, 0.25) is 5.91 Å². The van der Waals surface area contributed by atoms with Gasteiger partial charge in [0.1, 0.15) is 5.69 Å². The molecule has 0 saturated carbocycles. The molecule has 0 bridgehead atoms. The van der Waals surface area contributed by atoms with E-state index >= 15 is 0 Å². The van der Waals surface area contributed by atoms with Crippen LogP contribution in [0.2, 0.25) is 0 Å². The molecule has 0 atom stereocenters. The zero-order valence-corrected chi connectivity index (χ0v) is 12.8. The zero-order valence-electron chi connectivity index (χ0n) is 11.2. The van der Waals surface area contributed by atoms with Gasteiger partial charge in [-0.15, -0.1) is 0 Å². The average Bonchev–Trinajstić information content (AvgIpc) is 2.94. The highest BCUT2D eigenvalue weighted by Crippen LogP contribution is 2.28. The first-order chi connectivity index (χ1) is 10.0. The molecule has 0 radical (unpaired) electrons. The molecule has 1 heterocycles. The second kappa shape index (κ2) is 6.64. The van der Waals surface area contributed by atoms with E-state index < -0.39 is 9.84 Å². The quantitative estimate of drug-likeness (QED) is 0.887. The van der Waals surface area contributed by atoms with Crippen LogP contribution in [0.5, 0.6) is 0 Å². The average molecular weight is 322 g/mol. The lowest BCUT2D eigenvalue weighted by Gasteiger charge is -2.05. The van der Waals surface area contributed by atoms with Crippen molar-refractivity contribution in [2.24, 2.45) is 0 Å². The Labute approximate surface area is 127 Å². The molecule has 5 nitrogen and oxygen atoms in total. The number of rotatable bonds is 6. The molecule has 110 valence electrons. The van der Waals surface area contributed by atoms with Crippen LogP contribution in [0.3, 0.4) is 0 Å². The number of nitrogens with zero attached hydrogens (tertiary/aromatic N) is 1. The number of benzene rings is 1. The smallest absolute Gasteiger partial charge is 0.225 e. The molecule has 0 fully saturated rings. The van der Waals surface area contributed by atoms with Gasteiger partial charge in [-0.25, -0.2) is 8.42 Å². The molecular weight excluding hydrogens is 308 g/mol. The van der Waals surface area contributed by atoms with Crippen LogP contribution in [0.15, 0.2) is 47.7 Å². The Balaban J connectivity index is 2.06. The van der Waals surface area contributed by atoms with E-state index in [0.29, 0.717) is 11.4 Å². The summed E-state index contributed by atoms with van der Waals surface area (Å²) in [5.74, 6) is -0.613. The van der Waals surface area contributed by atoms with Gasteiger partial charge >= 0.3 is 0 Å². The summed E-state index contributed by atoms with van der Waals surface area (Å²) in [5.41, 5.74) is 2.17. The third-order valence-corrected chi connectivity index (χ3v) is 4.67. The predicted molar refractivity (Wildman–Crippen MR) is 84.8 cm³/mol. The molecular formula is C14H14N2O3S2. The Hall–Kier alpha value is -1.99. The SMILES string of the molecule is C=CS(=O)(=O)CCC(=O)Nc1csnc1-c1ccccc1. The van der Waals surface area contributed by atoms with E-state index in [2.05, 4.69) is 16.3 Å². The standard InChI is InChI=1S/C14H14N2O3S2/c1-2-21(18,19)9-8-13(17)15-12-10-20-16-14(12)11-6-4-3-5-7-11/h2-7,10H,1,8-9H2,(H,15,17). The number of carbonyl (C=O) groups is 1. The van der Waals surface area contributed by atoms with E-state index in [1.54, 1.807) is 5.38 Å². The fraction of sp³-hybridized carbons (Fsp3) is 0.143. The molecule has 1 amide bonds. The van der Waals surface area contributed by atoms with Gasteiger partial charge < -0.3 is 5.32 Å². The summed E-state index contributed by atoms with van der Waals surface area (Å²) in [5, 5.41) is 5.28. The largest absolute Gasteiger partial charge is 0.323 e. The lowest BCUT2D eigenvalue weighted by Crippen LogP contribution is -2.16. The number of nitrogens with one attached hydrogen (secondary N) is 1. The first kappa shape index (κ1) is 15.4. The first-order valence-electron chi connectivity index (χ1n) is 6.16. The monoisotopic (exact) mass is 322 g/mol. The highest BCUT2D eigenvalue weighted by molar-refractivity contribution is 7.94. The summed E-state index contributed by atoms with van der Waals surface area (Å²) >= 11 is 1.23. The van der Waals surface area contributed by atoms with E-state index in [0.717, 1.165) is 11.0 Å². The van der Waals surface area contributed by atoms with Crippen LogP contribution in [-0.4, -0.2) is 24.5 Å². The van der Waals surface area contributed by atoms with Crippen LogP contribution in [0.4, 0.5) is 5.69 Å². The van der Waals surface area contributed by atoms with Crippen LogP contribution in [0.1, 0.15) is 6.42 Å². The minimum absolute atomic E-state index is 0.113. The van der Waals surface area contributed by atoms with Crippen molar-refractivity contribution in [1.82, 2.24) is 4.37 Å². The molecule has 0 aliphatic rings. The third kappa shape index (κ3) is 4.24. The van der Waals surface area contributed by atoms with E-state index in [4.69, 9.17) is 0 Å². The molecule has 2 aromatic rings. The van der Waals surface area contributed by atoms with Crippen LogP contribution < -0.4 is 5.32 Å². The molecule has 1 aromatic heterocycles. The molecule has 7 heteroatoms. The zero-order chi connectivity index (χ0) is 15.3. The van der Waals surface area contributed by atoms with Crippen molar-refractivity contribution >= 4 is 33.0 Å². The number of anilines is 1. The topological polar surface area (TPSA) is 76.1 Å². The molecule has 2 rings (SSSR count). The number of hydrogen-bond donors (Lipinski definition) is 1. The van der Waals surface area contributed by atoms with Crippen LogP contribution in [0, 0.1) is 0 Å². The number of hydrogen-bond acceptors (Lipinski definition) is 5. The molecule has 21 heavy (non-hydrogen) atoms. The lowest BCUT2D eigenvalue weighted by atomic mass is 10.1. The van der Waals surface area contributed by atoms with Crippen molar-refractivity contribution in [3.8, 4) is 11.3 Å². The van der Waals surface area contributed by atoms with Crippen molar-refractivity contribution in [2.75, 3.05) is 11.1 Å². The second-order valence-electron chi connectivity index (χ2n) is 4.27. The normalized spacial score (nSPS) is 11.0. The summed E-state index contributed by atoms with van der Waals surface area (Å²) in [4.78, 5) is 11.8. The summed E-state index contributed by atoms with van der Waals surface area (Å²) in [6.07, 6.45) is -0.113. The van der Waals surface area contributed by atoms with Crippen molar-refractivity contribution in [2.45, 2.75) is 6.42 Å². The Morgan fingerprint density at radius 3 is 2.71 bits per heavy atom. The van der Waals surface area contributed by atoms with Gasteiger partial charge in [-0.2, -0.15) is 4.37 Å². The molecule has 0 aliphatic carbocycles. The van der Waals surface area contributed by atoms with E-state index in [1.807, 2.05) is 30.3 Å². The minimum Gasteiger partial charge on any atom is -0.323 e.